The molecule has 2 unspecified atom stereocenters. The van der Waals surface area contributed by atoms with Gasteiger partial charge in [-0.15, -0.1) is 0 Å². The van der Waals surface area contributed by atoms with Crippen LogP contribution < -0.4 is 10.6 Å². The molecule has 2 aliphatic carbocycles. The number of benzene rings is 1. The standard InChI is InChI=1S/C24H24ClF4N5O2S/c1-34-11-32-19(20(34)21(35)33-15-2-3-17(26)16(25)6-15)12-4-13-7-23(36,8-14(13)5-12)10-31-22-30-9-18(37-22)24(27,28)29/h2-3,6,9,11-14,36H,4-5,7-8,10H2,1H3,(H,30,31)(H,33,35). The number of nitrogens with zero attached hydrogens (tertiary/aromatic N) is 3. The number of carbonyl (C=O) groups is 1. The van der Waals surface area contributed by atoms with Crippen LogP contribution in [0.5, 0.6) is 0 Å². The van der Waals surface area contributed by atoms with Crippen LogP contribution in [0.25, 0.3) is 0 Å². The molecule has 2 aliphatic rings. The van der Waals surface area contributed by atoms with Crippen molar-refractivity contribution in [2.45, 2.75) is 43.4 Å². The molecule has 2 aromatic heterocycles. The second kappa shape index (κ2) is 9.55. The van der Waals surface area contributed by atoms with E-state index >= 15 is 0 Å². The lowest BCUT2D eigenvalue weighted by Gasteiger charge is -2.25. The fourth-order valence-corrected chi connectivity index (χ4v) is 6.51. The van der Waals surface area contributed by atoms with Crippen molar-refractivity contribution in [3.63, 3.8) is 0 Å². The number of aromatic nitrogens is 3. The zero-order valence-electron chi connectivity index (χ0n) is 19.6. The molecule has 0 aliphatic heterocycles. The Labute approximate surface area is 218 Å². The van der Waals surface area contributed by atoms with Gasteiger partial charge in [0.1, 0.15) is 16.4 Å². The molecule has 2 saturated carbocycles. The number of hydrogen-bond acceptors (Lipinski definition) is 6. The molecule has 198 valence electrons. The summed E-state index contributed by atoms with van der Waals surface area (Å²) in [5.41, 5.74) is 0.404. The Morgan fingerprint density at radius 1 is 1.27 bits per heavy atom. The van der Waals surface area contributed by atoms with Crippen LogP contribution in [0.15, 0.2) is 30.7 Å². The molecule has 1 amide bonds. The Morgan fingerprint density at radius 3 is 2.59 bits per heavy atom. The third-order valence-electron chi connectivity index (χ3n) is 7.22. The first-order chi connectivity index (χ1) is 17.4. The molecule has 0 saturated heterocycles. The third kappa shape index (κ3) is 5.32. The molecule has 3 aromatic rings. The molecule has 0 spiro atoms. The molecule has 0 radical (unpaired) electrons. The van der Waals surface area contributed by atoms with E-state index in [-0.39, 0.29) is 40.4 Å². The van der Waals surface area contributed by atoms with E-state index in [0.29, 0.717) is 41.3 Å². The average molecular weight is 558 g/mol. The summed E-state index contributed by atoms with van der Waals surface area (Å²) in [6, 6.07) is 3.95. The van der Waals surface area contributed by atoms with Crippen LogP contribution in [0.1, 0.15) is 52.7 Å². The fourth-order valence-electron chi connectivity index (χ4n) is 5.65. The summed E-state index contributed by atoms with van der Waals surface area (Å²) < 4.78 is 53.5. The van der Waals surface area contributed by atoms with Gasteiger partial charge in [-0.3, -0.25) is 4.79 Å². The highest BCUT2D eigenvalue weighted by molar-refractivity contribution is 7.15. The number of anilines is 2. The summed E-state index contributed by atoms with van der Waals surface area (Å²) in [5, 5.41) is 16.8. The van der Waals surface area contributed by atoms with E-state index in [0.717, 1.165) is 19.0 Å². The van der Waals surface area contributed by atoms with E-state index in [1.165, 1.54) is 18.2 Å². The first kappa shape index (κ1) is 25.9. The number of nitrogens with one attached hydrogen (secondary N) is 2. The van der Waals surface area contributed by atoms with Crippen molar-refractivity contribution in [1.82, 2.24) is 14.5 Å². The van der Waals surface area contributed by atoms with Gasteiger partial charge in [-0.05, 0) is 55.7 Å². The number of hydrogen-bond donors (Lipinski definition) is 3. The smallest absolute Gasteiger partial charge is 0.388 e. The van der Waals surface area contributed by atoms with Crippen molar-refractivity contribution in [2.24, 2.45) is 18.9 Å². The van der Waals surface area contributed by atoms with Gasteiger partial charge in [0.15, 0.2) is 5.13 Å². The SMILES string of the molecule is Cn1cnc(C2CC3CC(O)(CNc4ncc(C(F)(F)F)s4)CC3C2)c1C(=O)Nc1ccc(F)c(Cl)c1. The summed E-state index contributed by atoms with van der Waals surface area (Å²) in [5.74, 6) is -0.525. The van der Waals surface area contributed by atoms with E-state index in [1.807, 2.05) is 0 Å². The average Bonchev–Trinajstić information content (AvgIpc) is 3.57. The van der Waals surface area contributed by atoms with E-state index < -0.39 is 22.5 Å². The number of halogens is 5. The van der Waals surface area contributed by atoms with Gasteiger partial charge >= 0.3 is 6.18 Å². The van der Waals surface area contributed by atoms with Crippen LogP contribution in [-0.4, -0.2) is 37.7 Å². The minimum Gasteiger partial charge on any atom is -0.388 e. The van der Waals surface area contributed by atoms with Crippen LogP contribution in [-0.2, 0) is 13.2 Å². The molecule has 2 heterocycles. The Morgan fingerprint density at radius 2 is 1.97 bits per heavy atom. The minimum atomic E-state index is -4.44. The Balaban J connectivity index is 1.22. The number of rotatable bonds is 6. The first-order valence-electron chi connectivity index (χ1n) is 11.7. The van der Waals surface area contributed by atoms with Crippen molar-refractivity contribution in [3.05, 3.63) is 57.8 Å². The molecule has 0 bridgehead atoms. The van der Waals surface area contributed by atoms with Crippen molar-refractivity contribution in [1.29, 1.82) is 0 Å². The van der Waals surface area contributed by atoms with Crippen molar-refractivity contribution in [2.75, 3.05) is 17.2 Å². The largest absolute Gasteiger partial charge is 0.427 e. The molecular weight excluding hydrogens is 534 g/mol. The molecule has 37 heavy (non-hydrogen) atoms. The van der Waals surface area contributed by atoms with E-state index in [2.05, 4.69) is 20.6 Å². The highest BCUT2D eigenvalue weighted by atomic mass is 35.5. The summed E-state index contributed by atoms with van der Waals surface area (Å²) in [6.07, 6.45) is 0.406. The van der Waals surface area contributed by atoms with Crippen molar-refractivity contribution >= 4 is 39.7 Å². The maximum atomic E-state index is 13.5. The number of fused-ring (bicyclic) bond motifs is 1. The van der Waals surface area contributed by atoms with E-state index in [9.17, 15) is 27.5 Å². The van der Waals surface area contributed by atoms with Gasteiger partial charge in [0.2, 0.25) is 0 Å². The topological polar surface area (TPSA) is 92.1 Å². The maximum Gasteiger partial charge on any atom is 0.427 e. The number of alkyl halides is 3. The summed E-state index contributed by atoms with van der Waals surface area (Å²) in [7, 11) is 1.73. The number of imidazole rings is 1. The van der Waals surface area contributed by atoms with Gasteiger partial charge in [-0.2, -0.15) is 13.2 Å². The molecule has 5 rings (SSSR count). The molecule has 2 atom stereocenters. The van der Waals surface area contributed by atoms with Crippen LogP contribution in [0.3, 0.4) is 0 Å². The van der Waals surface area contributed by atoms with Crippen LogP contribution in [0, 0.1) is 17.7 Å². The molecule has 2 fully saturated rings. The Bertz CT molecular complexity index is 1310. The molecular formula is C24H24ClF4N5O2S. The normalized spacial score (nSPS) is 25.3. The fraction of sp³-hybridized carbons (Fsp3) is 0.458. The molecule has 1 aromatic carbocycles. The van der Waals surface area contributed by atoms with Crippen LogP contribution in [0.2, 0.25) is 5.02 Å². The number of aryl methyl sites for hydroxylation is 1. The molecule has 7 nitrogen and oxygen atoms in total. The zero-order valence-corrected chi connectivity index (χ0v) is 21.2. The predicted molar refractivity (Wildman–Crippen MR) is 131 cm³/mol. The van der Waals surface area contributed by atoms with E-state index in [1.54, 1.807) is 17.9 Å². The monoisotopic (exact) mass is 557 g/mol. The third-order valence-corrected chi connectivity index (χ3v) is 8.51. The summed E-state index contributed by atoms with van der Waals surface area (Å²) in [4.78, 5) is 20.5. The van der Waals surface area contributed by atoms with Gasteiger partial charge in [0.25, 0.3) is 5.91 Å². The van der Waals surface area contributed by atoms with E-state index in [4.69, 9.17) is 11.6 Å². The van der Waals surface area contributed by atoms with Crippen LogP contribution in [0.4, 0.5) is 28.4 Å². The summed E-state index contributed by atoms with van der Waals surface area (Å²) >= 11 is 6.34. The summed E-state index contributed by atoms with van der Waals surface area (Å²) in [6.45, 7) is 0.118. The lowest BCUT2D eigenvalue weighted by molar-refractivity contribution is -0.134. The Hall–Kier alpha value is -2.70. The second-order valence-electron chi connectivity index (χ2n) is 9.87. The highest BCUT2D eigenvalue weighted by Gasteiger charge is 2.49. The number of aliphatic hydroxyl groups is 1. The van der Waals surface area contributed by atoms with Gasteiger partial charge in [-0.1, -0.05) is 22.9 Å². The van der Waals surface area contributed by atoms with Gasteiger partial charge in [0.05, 0.1) is 28.8 Å². The van der Waals surface area contributed by atoms with Gasteiger partial charge in [-0.25, -0.2) is 14.4 Å². The number of amides is 1. The quantitative estimate of drug-likeness (QED) is 0.339. The zero-order chi connectivity index (χ0) is 26.5. The van der Waals surface area contributed by atoms with Crippen LogP contribution >= 0.6 is 22.9 Å². The minimum absolute atomic E-state index is 0.0274. The second-order valence-corrected chi connectivity index (χ2v) is 11.3. The molecule has 13 heteroatoms. The van der Waals surface area contributed by atoms with Crippen molar-refractivity contribution < 1.29 is 27.5 Å². The predicted octanol–water partition coefficient (Wildman–Crippen LogP) is 5.69. The van der Waals surface area contributed by atoms with Gasteiger partial charge in [0, 0.05) is 25.2 Å². The number of thiazole rings is 1. The first-order valence-corrected chi connectivity index (χ1v) is 12.9. The lowest BCUT2D eigenvalue weighted by atomic mass is 9.92. The highest BCUT2D eigenvalue weighted by Crippen LogP contribution is 2.54. The van der Waals surface area contributed by atoms with Crippen molar-refractivity contribution in [3.8, 4) is 0 Å². The lowest BCUT2D eigenvalue weighted by Crippen LogP contribution is -2.34. The van der Waals surface area contributed by atoms with Gasteiger partial charge < -0.3 is 20.3 Å². The molecule has 3 N–H and O–H groups in total. The Kier molecular flexibility index (Phi) is 6.70. The number of carbonyl (C=O) groups excluding carboxylic acids is 1. The maximum absolute atomic E-state index is 13.5.